The van der Waals surface area contributed by atoms with Crippen LogP contribution in [0, 0.1) is 10.1 Å². The van der Waals surface area contributed by atoms with Gasteiger partial charge in [0.25, 0.3) is 11.6 Å². The number of nitro benzene ring substituents is 1. The van der Waals surface area contributed by atoms with Crippen LogP contribution < -0.4 is 10.1 Å². The normalized spacial score (nSPS) is 10.4. The molecule has 1 heterocycles. The fourth-order valence-electron chi connectivity index (χ4n) is 3.58. The largest absolute Gasteiger partial charge is 0.497 e. The molecule has 0 atom stereocenters. The lowest BCUT2D eigenvalue weighted by Crippen LogP contribution is -2.21. The number of esters is 1. The second-order valence-corrected chi connectivity index (χ2v) is 7.63. The van der Waals surface area contributed by atoms with E-state index in [-0.39, 0.29) is 33.9 Å². The maximum absolute atomic E-state index is 13.7. The zero-order valence-electron chi connectivity index (χ0n) is 19.7. The van der Waals surface area contributed by atoms with E-state index < -0.39 is 22.6 Å². The van der Waals surface area contributed by atoms with Crippen molar-refractivity contribution in [1.29, 1.82) is 0 Å². The molecule has 11 nitrogen and oxygen atoms in total. The zero-order valence-corrected chi connectivity index (χ0v) is 19.7. The number of ketones is 1. The third-order valence-corrected chi connectivity index (χ3v) is 5.40. The molecule has 0 saturated heterocycles. The van der Waals surface area contributed by atoms with E-state index in [9.17, 15) is 24.5 Å². The fourth-order valence-corrected chi connectivity index (χ4v) is 3.58. The van der Waals surface area contributed by atoms with Gasteiger partial charge in [-0.05, 0) is 48.5 Å². The molecule has 0 saturated carbocycles. The number of aromatic nitrogens is 2. The molecule has 4 rings (SSSR count). The highest BCUT2D eigenvalue weighted by atomic mass is 16.6. The van der Waals surface area contributed by atoms with Crippen molar-refractivity contribution in [2.24, 2.45) is 0 Å². The van der Waals surface area contributed by atoms with Crippen LogP contribution in [0.15, 0.2) is 78.9 Å². The molecular weight excluding hydrogens is 480 g/mol. The zero-order chi connectivity index (χ0) is 26.5. The maximum atomic E-state index is 13.7. The number of carbonyl (C=O) groups is 3. The van der Waals surface area contributed by atoms with Crippen LogP contribution in [0.1, 0.15) is 36.9 Å². The van der Waals surface area contributed by atoms with E-state index in [1.54, 1.807) is 42.5 Å². The number of hydrogen-bond acceptors (Lipinski definition) is 8. The van der Waals surface area contributed by atoms with Gasteiger partial charge in [0.15, 0.2) is 11.5 Å². The minimum absolute atomic E-state index is 0.169. The Hall–Kier alpha value is -5.32. The first-order valence-corrected chi connectivity index (χ1v) is 10.9. The van der Waals surface area contributed by atoms with Crippen LogP contribution in [0.5, 0.6) is 5.75 Å². The summed E-state index contributed by atoms with van der Waals surface area (Å²) in [7, 11) is 2.60. The average molecular weight is 500 g/mol. The Morgan fingerprint density at radius 2 is 1.57 bits per heavy atom. The number of amides is 1. The molecule has 0 spiro atoms. The van der Waals surface area contributed by atoms with E-state index in [0.717, 1.165) is 11.8 Å². The molecule has 0 aliphatic carbocycles. The van der Waals surface area contributed by atoms with Gasteiger partial charge in [-0.15, -0.1) is 0 Å². The summed E-state index contributed by atoms with van der Waals surface area (Å²) in [5.74, 6) is -1.82. The number of non-ortho nitro benzene ring substituents is 1. The monoisotopic (exact) mass is 500 g/mol. The molecule has 1 amide bonds. The van der Waals surface area contributed by atoms with Crippen LogP contribution >= 0.6 is 0 Å². The predicted molar refractivity (Wildman–Crippen MR) is 132 cm³/mol. The van der Waals surface area contributed by atoms with Gasteiger partial charge in [0.05, 0.1) is 30.4 Å². The standard InChI is InChI=1S/C26H20N4O7/c1-36-20-14-8-16(9-15-20)24(31)21-22(26(33)37-2)28-29(18-10-12-19(13-11-18)30(34)35)23(21)25(32)27-17-6-4-3-5-7-17/h3-15H,1-2H3,(H,27,32). The van der Waals surface area contributed by atoms with Crippen molar-refractivity contribution in [3.63, 3.8) is 0 Å². The molecule has 1 N–H and O–H groups in total. The number of nitrogens with one attached hydrogen (secondary N) is 1. The Kier molecular flexibility index (Phi) is 7.05. The van der Waals surface area contributed by atoms with Crippen LogP contribution in [-0.2, 0) is 4.74 Å². The highest BCUT2D eigenvalue weighted by Gasteiger charge is 2.33. The molecule has 0 unspecified atom stereocenters. The van der Waals surface area contributed by atoms with Crippen molar-refractivity contribution in [2.75, 3.05) is 19.5 Å². The molecule has 11 heteroatoms. The van der Waals surface area contributed by atoms with Gasteiger partial charge in [-0.1, -0.05) is 18.2 Å². The molecule has 1 aromatic heterocycles. The van der Waals surface area contributed by atoms with Gasteiger partial charge in [-0.25, -0.2) is 9.48 Å². The van der Waals surface area contributed by atoms with E-state index in [1.165, 1.54) is 43.5 Å². The molecule has 0 aliphatic heterocycles. The van der Waals surface area contributed by atoms with E-state index in [1.807, 2.05) is 0 Å². The van der Waals surface area contributed by atoms with Gasteiger partial charge in [-0.2, -0.15) is 5.10 Å². The summed E-state index contributed by atoms with van der Waals surface area (Å²) in [4.78, 5) is 50.5. The summed E-state index contributed by atoms with van der Waals surface area (Å²) in [5, 5.41) is 18.0. The van der Waals surface area contributed by atoms with Gasteiger partial charge in [0.1, 0.15) is 11.4 Å². The number of anilines is 1. The quantitative estimate of drug-likeness (QED) is 0.165. The number of rotatable bonds is 8. The molecule has 186 valence electrons. The molecular formula is C26H20N4O7. The van der Waals surface area contributed by atoms with E-state index in [2.05, 4.69) is 10.4 Å². The second-order valence-electron chi connectivity index (χ2n) is 7.63. The Balaban J connectivity index is 1.93. The summed E-state index contributed by atoms with van der Waals surface area (Å²) in [6, 6.07) is 19.8. The van der Waals surface area contributed by atoms with Crippen molar-refractivity contribution in [3.05, 3.63) is 111 Å². The topological polar surface area (TPSA) is 143 Å². The van der Waals surface area contributed by atoms with Gasteiger partial charge >= 0.3 is 5.97 Å². The Morgan fingerprint density at radius 1 is 0.919 bits per heavy atom. The summed E-state index contributed by atoms with van der Waals surface area (Å²) in [5.41, 5.74) is -0.298. The first-order chi connectivity index (χ1) is 17.8. The van der Waals surface area contributed by atoms with Crippen LogP contribution in [0.3, 0.4) is 0 Å². The number of ether oxygens (including phenoxy) is 2. The summed E-state index contributed by atoms with van der Waals surface area (Å²) < 4.78 is 11.1. The predicted octanol–water partition coefficient (Wildman–Crippen LogP) is 4.06. The summed E-state index contributed by atoms with van der Waals surface area (Å²) >= 11 is 0. The lowest BCUT2D eigenvalue weighted by Gasteiger charge is -2.11. The number of nitro groups is 1. The van der Waals surface area contributed by atoms with Crippen molar-refractivity contribution in [3.8, 4) is 11.4 Å². The number of para-hydroxylation sites is 1. The first kappa shape index (κ1) is 24.8. The lowest BCUT2D eigenvalue weighted by atomic mass is 10.00. The van der Waals surface area contributed by atoms with Crippen molar-refractivity contribution in [2.45, 2.75) is 0 Å². The Bertz CT molecular complexity index is 1480. The maximum Gasteiger partial charge on any atom is 0.359 e. The van der Waals surface area contributed by atoms with Gasteiger partial charge in [0.2, 0.25) is 0 Å². The molecule has 0 radical (unpaired) electrons. The van der Waals surface area contributed by atoms with Crippen molar-refractivity contribution in [1.82, 2.24) is 9.78 Å². The minimum atomic E-state index is -0.939. The van der Waals surface area contributed by atoms with E-state index in [0.29, 0.717) is 11.4 Å². The number of hydrogen-bond donors (Lipinski definition) is 1. The lowest BCUT2D eigenvalue weighted by molar-refractivity contribution is -0.384. The highest BCUT2D eigenvalue weighted by molar-refractivity contribution is 6.20. The van der Waals surface area contributed by atoms with E-state index in [4.69, 9.17) is 9.47 Å². The van der Waals surface area contributed by atoms with Crippen LogP contribution in [-0.4, -0.2) is 46.6 Å². The molecule has 3 aromatic carbocycles. The fraction of sp³-hybridized carbons (Fsp3) is 0.0769. The second kappa shape index (κ2) is 10.5. The summed E-state index contributed by atoms with van der Waals surface area (Å²) in [6.45, 7) is 0. The van der Waals surface area contributed by atoms with Gasteiger partial charge in [-0.3, -0.25) is 19.7 Å². The number of methoxy groups -OCH3 is 2. The Morgan fingerprint density at radius 3 is 2.14 bits per heavy atom. The first-order valence-electron chi connectivity index (χ1n) is 10.9. The Labute approximate surface area is 210 Å². The van der Waals surface area contributed by atoms with Gasteiger partial charge < -0.3 is 14.8 Å². The number of carbonyl (C=O) groups excluding carboxylic acids is 3. The van der Waals surface area contributed by atoms with Gasteiger partial charge in [0, 0.05) is 23.4 Å². The molecule has 0 bridgehead atoms. The smallest absolute Gasteiger partial charge is 0.359 e. The molecule has 4 aromatic rings. The third-order valence-electron chi connectivity index (χ3n) is 5.40. The molecule has 37 heavy (non-hydrogen) atoms. The number of nitrogens with zero attached hydrogens (tertiary/aromatic N) is 3. The van der Waals surface area contributed by atoms with Crippen molar-refractivity contribution >= 4 is 29.0 Å². The molecule has 0 fully saturated rings. The minimum Gasteiger partial charge on any atom is -0.497 e. The average Bonchev–Trinajstić information content (AvgIpc) is 3.33. The van der Waals surface area contributed by atoms with Crippen molar-refractivity contribution < 1.29 is 28.8 Å². The third kappa shape index (κ3) is 5.05. The number of benzene rings is 3. The van der Waals surface area contributed by atoms with Crippen LogP contribution in [0.25, 0.3) is 5.69 Å². The van der Waals surface area contributed by atoms with Crippen LogP contribution in [0.2, 0.25) is 0 Å². The van der Waals surface area contributed by atoms with E-state index >= 15 is 0 Å². The van der Waals surface area contributed by atoms with Crippen LogP contribution in [0.4, 0.5) is 11.4 Å². The highest BCUT2D eigenvalue weighted by Crippen LogP contribution is 2.26. The summed E-state index contributed by atoms with van der Waals surface area (Å²) in [6.07, 6.45) is 0. The molecule has 0 aliphatic rings. The SMILES string of the molecule is COC(=O)c1nn(-c2ccc([N+](=O)[O-])cc2)c(C(=O)Nc2ccccc2)c1C(=O)c1ccc(OC)cc1.